The third kappa shape index (κ3) is 3.30. The molecule has 1 saturated carbocycles. The van der Waals surface area contributed by atoms with E-state index in [1.54, 1.807) is 12.1 Å². The number of benzene rings is 1. The van der Waals surface area contributed by atoms with Crippen molar-refractivity contribution in [2.24, 2.45) is 0 Å². The van der Waals surface area contributed by atoms with E-state index < -0.39 is 0 Å². The molecule has 3 aromatic rings. The van der Waals surface area contributed by atoms with Gasteiger partial charge >= 0.3 is 0 Å². The molecule has 0 spiro atoms. The zero-order valence-electron chi connectivity index (χ0n) is 13.2. The number of thiazole rings is 1. The minimum absolute atomic E-state index is 0.257. The van der Waals surface area contributed by atoms with Gasteiger partial charge in [0.15, 0.2) is 6.39 Å². The van der Waals surface area contributed by atoms with Gasteiger partial charge in [-0.1, -0.05) is 12.1 Å². The second-order valence-electron chi connectivity index (χ2n) is 5.86. The molecule has 1 amide bonds. The Kier molecular flexibility index (Phi) is 4.04. The SMILES string of the molecule is N#Cc1ccc(-c2nc(CNC(=O)c3ocnc3C3CC3)cs2)cc1. The second-order valence-corrected chi connectivity index (χ2v) is 6.71. The summed E-state index contributed by atoms with van der Waals surface area (Å²) in [4.78, 5) is 21.0. The average Bonchev–Trinajstić information content (AvgIpc) is 3.19. The van der Waals surface area contributed by atoms with Crippen LogP contribution in [0.2, 0.25) is 0 Å². The molecule has 0 atom stereocenters. The summed E-state index contributed by atoms with van der Waals surface area (Å²) in [6.45, 7) is 0.330. The van der Waals surface area contributed by atoms with Crippen molar-refractivity contribution in [3.05, 3.63) is 58.8 Å². The minimum atomic E-state index is -0.257. The maximum Gasteiger partial charge on any atom is 0.289 e. The molecule has 0 bridgehead atoms. The summed E-state index contributed by atoms with van der Waals surface area (Å²) in [7, 11) is 0. The number of aromatic nitrogens is 2. The molecular weight excluding hydrogens is 336 g/mol. The fourth-order valence-corrected chi connectivity index (χ4v) is 3.36. The van der Waals surface area contributed by atoms with Crippen molar-refractivity contribution < 1.29 is 9.21 Å². The number of nitrogens with zero attached hydrogens (tertiary/aromatic N) is 3. The highest BCUT2D eigenvalue weighted by atomic mass is 32.1. The van der Waals surface area contributed by atoms with Crippen LogP contribution in [0.4, 0.5) is 0 Å². The Morgan fingerprint density at radius 3 is 2.88 bits per heavy atom. The highest BCUT2D eigenvalue weighted by molar-refractivity contribution is 7.13. The van der Waals surface area contributed by atoms with Crippen LogP contribution in [-0.4, -0.2) is 15.9 Å². The highest BCUT2D eigenvalue weighted by Crippen LogP contribution is 2.40. The van der Waals surface area contributed by atoms with Gasteiger partial charge in [0, 0.05) is 16.9 Å². The van der Waals surface area contributed by atoms with Gasteiger partial charge < -0.3 is 9.73 Å². The second kappa shape index (κ2) is 6.49. The van der Waals surface area contributed by atoms with Gasteiger partial charge in [-0.3, -0.25) is 4.79 Å². The number of hydrogen-bond donors (Lipinski definition) is 1. The number of oxazole rings is 1. The molecule has 0 unspecified atom stereocenters. The zero-order chi connectivity index (χ0) is 17.2. The van der Waals surface area contributed by atoms with E-state index in [1.807, 2.05) is 17.5 Å². The molecule has 7 heteroatoms. The molecule has 6 nitrogen and oxygen atoms in total. The lowest BCUT2D eigenvalue weighted by atomic mass is 10.1. The molecule has 0 radical (unpaired) electrons. The lowest BCUT2D eigenvalue weighted by Crippen LogP contribution is -2.23. The first-order chi connectivity index (χ1) is 12.2. The van der Waals surface area contributed by atoms with E-state index in [9.17, 15) is 4.79 Å². The van der Waals surface area contributed by atoms with Crippen LogP contribution in [0, 0.1) is 11.3 Å². The van der Waals surface area contributed by atoms with E-state index in [2.05, 4.69) is 21.4 Å². The van der Waals surface area contributed by atoms with Gasteiger partial charge in [-0.15, -0.1) is 11.3 Å². The molecule has 25 heavy (non-hydrogen) atoms. The normalized spacial score (nSPS) is 13.4. The van der Waals surface area contributed by atoms with E-state index in [-0.39, 0.29) is 5.91 Å². The topological polar surface area (TPSA) is 91.8 Å². The van der Waals surface area contributed by atoms with Crippen molar-refractivity contribution in [1.29, 1.82) is 5.26 Å². The van der Waals surface area contributed by atoms with E-state index in [0.29, 0.717) is 23.8 Å². The summed E-state index contributed by atoms with van der Waals surface area (Å²) in [5, 5.41) is 14.4. The summed E-state index contributed by atoms with van der Waals surface area (Å²) in [5.41, 5.74) is 3.11. The monoisotopic (exact) mass is 350 g/mol. The lowest BCUT2D eigenvalue weighted by Gasteiger charge is -2.02. The largest absolute Gasteiger partial charge is 0.438 e. The van der Waals surface area contributed by atoms with Crippen LogP contribution >= 0.6 is 11.3 Å². The summed E-state index contributed by atoms with van der Waals surface area (Å²) in [5.74, 6) is 0.416. The predicted molar refractivity (Wildman–Crippen MR) is 91.9 cm³/mol. The number of nitriles is 1. The van der Waals surface area contributed by atoms with Gasteiger partial charge in [0.2, 0.25) is 5.76 Å². The van der Waals surface area contributed by atoms with Crippen LogP contribution in [0.1, 0.15) is 46.3 Å². The van der Waals surface area contributed by atoms with Gasteiger partial charge in [0.25, 0.3) is 5.91 Å². The zero-order valence-corrected chi connectivity index (χ0v) is 14.0. The van der Waals surface area contributed by atoms with Crippen LogP contribution < -0.4 is 5.32 Å². The van der Waals surface area contributed by atoms with Crippen LogP contribution in [0.25, 0.3) is 10.6 Å². The first kappa shape index (κ1) is 15.5. The maximum atomic E-state index is 12.3. The third-order valence-corrected chi connectivity index (χ3v) is 4.95. The smallest absolute Gasteiger partial charge is 0.289 e. The standard InChI is InChI=1S/C18H14N4O2S/c19-7-11-1-3-13(4-2-11)18-22-14(9-25-18)8-20-17(23)16-15(12-5-6-12)21-10-24-16/h1-4,9-10,12H,5-6,8H2,(H,20,23). The van der Waals surface area contributed by atoms with Crippen molar-refractivity contribution in [2.75, 3.05) is 0 Å². The fraction of sp³-hybridized carbons (Fsp3) is 0.222. The van der Waals surface area contributed by atoms with E-state index in [1.165, 1.54) is 17.7 Å². The van der Waals surface area contributed by atoms with Crippen molar-refractivity contribution >= 4 is 17.2 Å². The molecule has 1 fully saturated rings. The lowest BCUT2D eigenvalue weighted by molar-refractivity contribution is 0.0921. The fourth-order valence-electron chi connectivity index (χ4n) is 2.53. The number of carbonyl (C=O) groups is 1. The Hall–Kier alpha value is -2.98. The number of carbonyl (C=O) groups excluding carboxylic acids is 1. The Balaban J connectivity index is 1.41. The van der Waals surface area contributed by atoms with Crippen LogP contribution in [-0.2, 0) is 6.54 Å². The van der Waals surface area contributed by atoms with Crippen LogP contribution in [0.15, 0.2) is 40.5 Å². The quantitative estimate of drug-likeness (QED) is 0.760. The maximum absolute atomic E-state index is 12.3. The van der Waals surface area contributed by atoms with Crippen molar-refractivity contribution in [2.45, 2.75) is 25.3 Å². The van der Waals surface area contributed by atoms with Gasteiger partial charge in [0.05, 0.1) is 29.6 Å². The third-order valence-electron chi connectivity index (χ3n) is 4.01. The van der Waals surface area contributed by atoms with E-state index in [0.717, 1.165) is 34.8 Å². The molecule has 2 aromatic heterocycles. The minimum Gasteiger partial charge on any atom is -0.438 e. The molecule has 2 heterocycles. The first-order valence-corrected chi connectivity index (χ1v) is 8.79. The molecule has 4 rings (SSSR count). The summed E-state index contributed by atoms with van der Waals surface area (Å²) >= 11 is 1.50. The Bertz CT molecular complexity index is 948. The molecule has 0 saturated heterocycles. The van der Waals surface area contributed by atoms with Crippen LogP contribution in [0.3, 0.4) is 0 Å². The van der Waals surface area contributed by atoms with Crippen molar-refractivity contribution in [3.8, 4) is 16.6 Å². The number of amides is 1. The molecule has 1 aliphatic carbocycles. The number of nitrogens with one attached hydrogen (secondary N) is 1. The Labute approximate surface area is 148 Å². The van der Waals surface area contributed by atoms with Gasteiger partial charge in [-0.05, 0) is 25.0 Å². The summed E-state index contributed by atoms with van der Waals surface area (Å²) in [6, 6.07) is 9.37. The Morgan fingerprint density at radius 2 is 2.16 bits per heavy atom. The van der Waals surface area contributed by atoms with Gasteiger partial charge in [0.1, 0.15) is 5.01 Å². The van der Waals surface area contributed by atoms with Crippen LogP contribution in [0.5, 0.6) is 0 Å². The van der Waals surface area contributed by atoms with Crippen molar-refractivity contribution in [3.63, 3.8) is 0 Å². The average molecular weight is 350 g/mol. The predicted octanol–water partition coefficient (Wildman–Crippen LogP) is 3.48. The molecule has 0 aliphatic heterocycles. The van der Waals surface area contributed by atoms with E-state index in [4.69, 9.17) is 9.68 Å². The number of hydrogen-bond acceptors (Lipinski definition) is 6. The van der Waals surface area contributed by atoms with Crippen molar-refractivity contribution in [1.82, 2.24) is 15.3 Å². The molecule has 124 valence electrons. The summed E-state index contributed by atoms with van der Waals surface area (Å²) in [6.07, 6.45) is 3.45. The molecule has 1 N–H and O–H groups in total. The molecule has 1 aromatic carbocycles. The molecule has 1 aliphatic rings. The highest BCUT2D eigenvalue weighted by Gasteiger charge is 2.31. The summed E-state index contributed by atoms with van der Waals surface area (Å²) < 4.78 is 5.25. The number of rotatable bonds is 5. The van der Waals surface area contributed by atoms with E-state index >= 15 is 0 Å². The first-order valence-electron chi connectivity index (χ1n) is 7.91. The van der Waals surface area contributed by atoms with Gasteiger partial charge in [-0.25, -0.2) is 9.97 Å². The van der Waals surface area contributed by atoms with Gasteiger partial charge in [-0.2, -0.15) is 5.26 Å². The Morgan fingerprint density at radius 1 is 1.36 bits per heavy atom. The molecular formula is C18H14N4O2S.